The number of thioether (sulfide) groups is 1. The molecule has 0 aliphatic rings. The summed E-state index contributed by atoms with van der Waals surface area (Å²) in [6.07, 6.45) is 0. The van der Waals surface area contributed by atoms with Gasteiger partial charge in [-0.3, -0.25) is 4.79 Å². The molecule has 0 aliphatic heterocycles. The highest BCUT2D eigenvalue weighted by atomic mass is 35.5. The maximum atomic E-state index is 12.2. The second-order valence-electron chi connectivity index (χ2n) is 4.80. The topological polar surface area (TPSA) is 38.3 Å². The predicted molar refractivity (Wildman–Crippen MR) is 93.8 cm³/mol. The number of benzene rings is 2. The van der Waals surface area contributed by atoms with E-state index in [1.807, 2.05) is 55.5 Å². The largest absolute Gasteiger partial charge is 0.497 e. The van der Waals surface area contributed by atoms with E-state index in [2.05, 4.69) is 5.32 Å². The third-order valence-corrected chi connectivity index (χ3v) is 4.61. The summed E-state index contributed by atoms with van der Waals surface area (Å²) in [5.41, 5.74) is 1.92. The number of hydrogen-bond acceptors (Lipinski definition) is 3. The summed E-state index contributed by atoms with van der Waals surface area (Å²) in [6, 6.07) is 15.0. The Balaban J connectivity index is 1.84. The van der Waals surface area contributed by atoms with E-state index in [9.17, 15) is 4.79 Å². The Morgan fingerprint density at radius 1 is 1.18 bits per heavy atom. The van der Waals surface area contributed by atoms with E-state index < -0.39 is 0 Å². The molecule has 0 radical (unpaired) electrons. The van der Waals surface area contributed by atoms with Crippen LogP contribution in [0.3, 0.4) is 0 Å². The molecule has 2 aromatic carbocycles. The quantitative estimate of drug-likeness (QED) is 0.837. The van der Waals surface area contributed by atoms with Crippen molar-refractivity contribution in [2.45, 2.75) is 17.9 Å². The number of hydrogen-bond donors (Lipinski definition) is 1. The molecule has 5 heteroatoms. The number of methoxy groups -OCH3 is 1. The van der Waals surface area contributed by atoms with Gasteiger partial charge in [0.25, 0.3) is 0 Å². The van der Waals surface area contributed by atoms with Gasteiger partial charge >= 0.3 is 0 Å². The van der Waals surface area contributed by atoms with Crippen molar-refractivity contribution in [3.8, 4) is 5.75 Å². The van der Waals surface area contributed by atoms with E-state index in [-0.39, 0.29) is 11.2 Å². The minimum Gasteiger partial charge on any atom is -0.497 e. The van der Waals surface area contributed by atoms with Gasteiger partial charge in [0, 0.05) is 16.5 Å². The van der Waals surface area contributed by atoms with Gasteiger partial charge in [-0.1, -0.05) is 23.7 Å². The van der Waals surface area contributed by atoms with Crippen molar-refractivity contribution in [3.05, 3.63) is 59.1 Å². The van der Waals surface area contributed by atoms with Crippen LogP contribution < -0.4 is 10.1 Å². The second kappa shape index (κ2) is 8.11. The van der Waals surface area contributed by atoms with Gasteiger partial charge in [-0.05, 0) is 48.9 Å². The zero-order chi connectivity index (χ0) is 15.9. The number of carbonyl (C=O) groups is 1. The lowest BCUT2D eigenvalue weighted by Gasteiger charge is -2.12. The van der Waals surface area contributed by atoms with Crippen LogP contribution in [0.1, 0.15) is 12.5 Å². The highest BCUT2D eigenvalue weighted by Gasteiger charge is 2.13. The lowest BCUT2D eigenvalue weighted by atomic mass is 10.2. The zero-order valence-corrected chi connectivity index (χ0v) is 14.1. The van der Waals surface area contributed by atoms with Crippen LogP contribution in [-0.4, -0.2) is 18.3 Å². The molecule has 0 saturated heterocycles. The fraction of sp³-hybridized carbons (Fsp3) is 0.235. The van der Waals surface area contributed by atoms with Crippen molar-refractivity contribution in [1.82, 2.24) is 0 Å². The number of halogens is 1. The highest BCUT2D eigenvalue weighted by molar-refractivity contribution is 7.99. The third-order valence-electron chi connectivity index (χ3n) is 3.14. The van der Waals surface area contributed by atoms with Crippen LogP contribution in [0.5, 0.6) is 5.75 Å². The number of ether oxygens (including phenoxy) is 1. The summed E-state index contributed by atoms with van der Waals surface area (Å²) in [4.78, 5) is 12.2. The lowest BCUT2D eigenvalue weighted by molar-refractivity contribution is -0.115. The van der Waals surface area contributed by atoms with Crippen molar-refractivity contribution >= 4 is 35.0 Å². The van der Waals surface area contributed by atoms with Crippen LogP contribution in [-0.2, 0) is 10.5 Å². The molecule has 0 saturated carbocycles. The predicted octanol–water partition coefficient (Wildman–Crippen LogP) is 4.61. The van der Waals surface area contributed by atoms with E-state index in [4.69, 9.17) is 16.3 Å². The summed E-state index contributed by atoms with van der Waals surface area (Å²) in [7, 11) is 1.61. The number of anilines is 1. The molecular weight excluding hydrogens is 318 g/mol. The fourth-order valence-electron chi connectivity index (χ4n) is 1.80. The van der Waals surface area contributed by atoms with Crippen LogP contribution in [0.25, 0.3) is 0 Å². The number of amides is 1. The SMILES string of the molecule is COc1ccc(NC(=O)[C@H](C)SCc2ccc(Cl)cc2)cc1. The summed E-state index contributed by atoms with van der Waals surface area (Å²) in [5, 5.41) is 3.48. The molecule has 0 aliphatic carbocycles. The van der Waals surface area contributed by atoms with E-state index in [0.29, 0.717) is 0 Å². The molecule has 2 aromatic rings. The van der Waals surface area contributed by atoms with Crippen molar-refractivity contribution in [2.75, 3.05) is 12.4 Å². The Kier molecular flexibility index (Phi) is 6.16. The molecule has 0 bridgehead atoms. The Bertz CT molecular complexity index is 614. The van der Waals surface area contributed by atoms with E-state index >= 15 is 0 Å². The molecule has 2 rings (SSSR count). The van der Waals surface area contributed by atoms with Crippen molar-refractivity contribution in [2.24, 2.45) is 0 Å². The van der Waals surface area contributed by atoms with Crippen LogP contribution in [0.4, 0.5) is 5.69 Å². The van der Waals surface area contributed by atoms with Gasteiger partial charge in [-0.25, -0.2) is 0 Å². The number of nitrogens with one attached hydrogen (secondary N) is 1. The first-order chi connectivity index (χ1) is 10.6. The minimum absolute atomic E-state index is 0.0101. The average Bonchev–Trinajstić information content (AvgIpc) is 2.54. The summed E-state index contributed by atoms with van der Waals surface area (Å²) < 4.78 is 5.09. The molecule has 22 heavy (non-hydrogen) atoms. The van der Waals surface area contributed by atoms with Gasteiger partial charge in [-0.2, -0.15) is 0 Å². The minimum atomic E-state index is -0.141. The third kappa shape index (κ3) is 4.97. The van der Waals surface area contributed by atoms with Gasteiger partial charge in [0.1, 0.15) is 5.75 Å². The maximum Gasteiger partial charge on any atom is 0.237 e. The van der Waals surface area contributed by atoms with E-state index in [1.54, 1.807) is 18.9 Å². The van der Waals surface area contributed by atoms with Gasteiger partial charge in [0.15, 0.2) is 0 Å². The number of rotatable bonds is 6. The molecule has 1 atom stereocenters. The first-order valence-corrected chi connectivity index (χ1v) is 8.32. The molecule has 1 N–H and O–H groups in total. The summed E-state index contributed by atoms with van der Waals surface area (Å²) in [6.45, 7) is 1.90. The second-order valence-corrected chi connectivity index (χ2v) is 6.56. The van der Waals surface area contributed by atoms with Crippen molar-refractivity contribution in [1.29, 1.82) is 0 Å². The maximum absolute atomic E-state index is 12.2. The Hall–Kier alpha value is -1.65. The van der Waals surface area contributed by atoms with Crippen LogP contribution in [0, 0.1) is 0 Å². The summed E-state index contributed by atoms with van der Waals surface area (Å²) >= 11 is 7.45. The smallest absolute Gasteiger partial charge is 0.237 e. The molecular formula is C17H18ClNO2S. The van der Waals surface area contributed by atoms with Crippen LogP contribution >= 0.6 is 23.4 Å². The Labute approximate surface area is 140 Å². The van der Waals surface area contributed by atoms with Crippen LogP contribution in [0.15, 0.2) is 48.5 Å². The fourth-order valence-corrected chi connectivity index (χ4v) is 2.77. The molecule has 0 spiro atoms. The molecule has 0 unspecified atom stereocenters. The summed E-state index contributed by atoms with van der Waals surface area (Å²) in [5.74, 6) is 1.53. The van der Waals surface area contributed by atoms with Gasteiger partial charge in [0.2, 0.25) is 5.91 Å². The average molecular weight is 336 g/mol. The monoisotopic (exact) mass is 335 g/mol. The first kappa shape index (κ1) is 16.7. The standard InChI is InChI=1S/C17H18ClNO2S/c1-12(22-11-13-3-5-14(18)6-4-13)17(20)19-15-7-9-16(21-2)10-8-15/h3-10,12H,11H2,1-2H3,(H,19,20)/t12-/m0/s1. The Morgan fingerprint density at radius 2 is 1.82 bits per heavy atom. The van der Waals surface area contributed by atoms with Crippen molar-refractivity contribution in [3.63, 3.8) is 0 Å². The van der Waals surface area contributed by atoms with Gasteiger partial charge in [-0.15, -0.1) is 11.8 Å². The molecule has 0 heterocycles. The Morgan fingerprint density at radius 3 is 2.41 bits per heavy atom. The number of carbonyl (C=O) groups excluding carboxylic acids is 1. The normalized spacial score (nSPS) is 11.8. The van der Waals surface area contributed by atoms with Gasteiger partial charge < -0.3 is 10.1 Å². The zero-order valence-electron chi connectivity index (χ0n) is 12.5. The van der Waals surface area contributed by atoms with Crippen molar-refractivity contribution < 1.29 is 9.53 Å². The highest BCUT2D eigenvalue weighted by Crippen LogP contribution is 2.21. The van der Waals surface area contributed by atoms with E-state index in [0.717, 1.165) is 27.8 Å². The first-order valence-electron chi connectivity index (χ1n) is 6.89. The molecule has 116 valence electrons. The lowest BCUT2D eigenvalue weighted by Crippen LogP contribution is -2.22. The molecule has 0 fully saturated rings. The van der Waals surface area contributed by atoms with Gasteiger partial charge in [0.05, 0.1) is 12.4 Å². The van der Waals surface area contributed by atoms with Crippen LogP contribution in [0.2, 0.25) is 5.02 Å². The molecule has 1 amide bonds. The van der Waals surface area contributed by atoms with E-state index in [1.165, 1.54) is 0 Å². The molecule has 3 nitrogen and oxygen atoms in total. The molecule has 0 aromatic heterocycles.